The fourth-order valence-corrected chi connectivity index (χ4v) is 6.06. The number of alkyl carbamates (subject to hydrolysis) is 1. The molecule has 1 atom stereocenters. The van der Waals surface area contributed by atoms with Crippen LogP contribution in [0.2, 0.25) is 0 Å². The van der Waals surface area contributed by atoms with Gasteiger partial charge in [0.2, 0.25) is 0 Å². The first kappa shape index (κ1) is 29.0. The summed E-state index contributed by atoms with van der Waals surface area (Å²) in [4.78, 5) is 29.5. The minimum Gasteiger partial charge on any atom is -0.447 e. The Morgan fingerprint density at radius 1 is 1.26 bits per heavy atom. The Kier molecular flexibility index (Phi) is 8.35. The molecule has 0 radical (unpaired) electrons. The third kappa shape index (κ3) is 6.43. The Bertz CT molecular complexity index is 1130. The Hall–Kier alpha value is -3.01. The maximum absolute atomic E-state index is 13.8. The highest BCUT2D eigenvalue weighted by atomic mass is 19.3. The van der Waals surface area contributed by atoms with Crippen molar-refractivity contribution in [2.75, 3.05) is 19.7 Å². The second-order valence-corrected chi connectivity index (χ2v) is 11.4. The van der Waals surface area contributed by atoms with Crippen molar-refractivity contribution in [2.24, 2.45) is 0 Å². The second-order valence-electron chi connectivity index (χ2n) is 11.4. The van der Waals surface area contributed by atoms with Crippen LogP contribution in [-0.2, 0) is 16.0 Å². The molecule has 0 spiro atoms. The van der Waals surface area contributed by atoms with Crippen LogP contribution >= 0.6 is 0 Å². The molecule has 4 rings (SSSR count). The maximum Gasteiger partial charge on any atom is 0.475 e. The molecule has 2 amide bonds. The summed E-state index contributed by atoms with van der Waals surface area (Å²) in [5.41, 5.74) is -1.03. The van der Waals surface area contributed by atoms with Crippen LogP contribution in [0.5, 0.6) is 0 Å². The minimum absolute atomic E-state index is 0.106. The lowest BCUT2D eigenvalue weighted by Gasteiger charge is -2.36. The molecule has 3 aliphatic rings. The number of ether oxygens (including phenoxy) is 1. The summed E-state index contributed by atoms with van der Waals surface area (Å²) in [5, 5.41) is 31.9. The van der Waals surface area contributed by atoms with Gasteiger partial charge >= 0.3 is 13.2 Å². The van der Waals surface area contributed by atoms with Gasteiger partial charge in [-0.15, -0.1) is 0 Å². The predicted octanol–water partition coefficient (Wildman–Crippen LogP) is 2.43. The van der Waals surface area contributed by atoms with E-state index in [1.807, 2.05) is 12.1 Å². The molecule has 3 aliphatic heterocycles. The van der Waals surface area contributed by atoms with Crippen LogP contribution in [0.3, 0.4) is 0 Å². The molecule has 39 heavy (non-hydrogen) atoms. The molecular formula is C27H35BF2N4O5. The van der Waals surface area contributed by atoms with E-state index < -0.39 is 48.6 Å². The number of nitrogens with zero attached hydrogens (tertiary/aromatic N) is 3. The Balaban J connectivity index is 1.43. The van der Waals surface area contributed by atoms with Crippen molar-refractivity contribution >= 4 is 19.1 Å². The number of benzene rings is 1. The molecule has 3 fully saturated rings. The SMILES string of the molecule is CC(C)(C=C(C#N)C(=O)N1C2CCC1(COC(=O)NC(Cc1ccccc1)B(O)O)CC2)N1CCC(F)(F)C1. The van der Waals surface area contributed by atoms with Gasteiger partial charge in [0, 0.05) is 24.5 Å². The number of carbonyl (C=O) groups is 2. The lowest BCUT2D eigenvalue weighted by Crippen LogP contribution is -2.52. The second kappa shape index (κ2) is 11.2. The van der Waals surface area contributed by atoms with E-state index in [4.69, 9.17) is 4.74 Å². The molecule has 9 nitrogen and oxygen atoms in total. The van der Waals surface area contributed by atoms with Gasteiger partial charge in [-0.1, -0.05) is 30.3 Å². The summed E-state index contributed by atoms with van der Waals surface area (Å²) in [7, 11) is -1.81. The van der Waals surface area contributed by atoms with Gasteiger partial charge < -0.3 is 25.0 Å². The smallest absolute Gasteiger partial charge is 0.447 e. The van der Waals surface area contributed by atoms with E-state index in [9.17, 15) is 33.7 Å². The number of nitriles is 1. The van der Waals surface area contributed by atoms with Crippen LogP contribution in [0.4, 0.5) is 13.6 Å². The number of nitrogens with one attached hydrogen (secondary N) is 1. The fraction of sp³-hybridized carbons (Fsp3) is 0.593. The van der Waals surface area contributed by atoms with Gasteiger partial charge in [0.15, 0.2) is 0 Å². The number of likely N-dealkylation sites (tertiary alicyclic amines) is 1. The number of alkyl halides is 2. The minimum atomic E-state index is -2.80. The molecule has 12 heteroatoms. The Labute approximate surface area is 227 Å². The van der Waals surface area contributed by atoms with Crippen LogP contribution in [0.1, 0.15) is 51.5 Å². The van der Waals surface area contributed by atoms with E-state index in [1.165, 1.54) is 6.08 Å². The van der Waals surface area contributed by atoms with Crippen molar-refractivity contribution in [1.82, 2.24) is 15.1 Å². The van der Waals surface area contributed by atoms with E-state index in [0.717, 1.165) is 5.56 Å². The predicted molar refractivity (Wildman–Crippen MR) is 139 cm³/mol. The molecule has 210 valence electrons. The van der Waals surface area contributed by atoms with E-state index in [2.05, 4.69) is 5.32 Å². The summed E-state index contributed by atoms with van der Waals surface area (Å²) in [6.45, 7) is 3.04. The molecule has 3 saturated heterocycles. The zero-order valence-corrected chi connectivity index (χ0v) is 22.3. The molecule has 0 saturated carbocycles. The number of amides is 2. The first-order valence-electron chi connectivity index (χ1n) is 13.3. The molecule has 2 bridgehead atoms. The molecule has 1 aromatic rings. The number of hydrogen-bond acceptors (Lipinski definition) is 7. The summed E-state index contributed by atoms with van der Waals surface area (Å²) in [6.07, 6.45) is 3.11. The average Bonchev–Trinajstić information content (AvgIpc) is 3.57. The zero-order valence-electron chi connectivity index (χ0n) is 22.3. The number of rotatable bonds is 9. The fourth-order valence-electron chi connectivity index (χ4n) is 6.06. The number of carbonyl (C=O) groups excluding carboxylic acids is 2. The summed E-state index contributed by atoms with van der Waals surface area (Å²) >= 11 is 0. The van der Waals surface area contributed by atoms with E-state index >= 15 is 0 Å². The molecule has 3 heterocycles. The maximum atomic E-state index is 13.8. The van der Waals surface area contributed by atoms with Crippen molar-refractivity contribution in [3.63, 3.8) is 0 Å². The van der Waals surface area contributed by atoms with E-state index in [1.54, 1.807) is 47.9 Å². The van der Waals surface area contributed by atoms with Gasteiger partial charge in [-0.3, -0.25) is 9.69 Å². The zero-order chi connectivity index (χ0) is 28.4. The Morgan fingerprint density at radius 3 is 2.49 bits per heavy atom. The van der Waals surface area contributed by atoms with Crippen molar-refractivity contribution in [3.05, 3.63) is 47.5 Å². The van der Waals surface area contributed by atoms with Crippen LogP contribution in [0.25, 0.3) is 0 Å². The topological polar surface area (TPSA) is 126 Å². The summed E-state index contributed by atoms with van der Waals surface area (Å²) < 4.78 is 33.1. The molecule has 0 aromatic heterocycles. The highest BCUT2D eigenvalue weighted by Crippen LogP contribution is 2.47. The lowest BCUT2D eigenvalue weighted by molar-refractivity contribution is -0.132. The molecule has 0 aliphatic carbocycles. The van der Waals surface area contributed by atoms with Crippen molar-refractivity contribution < 1.29 is 33.2 Å². The first-order chi connectivity index (χ1) is 18.4. The molecular weight excluding hydrogens is 509 g/mol. The largest absolute Gasteiger partial charge is 0.475 e. The van der Waals surface area contributed by atoms with E-state index in [0.29, 0.717) is 25.7 Å². The van der Waals surface area contributed by atoms with Gasteiger partial charge in [0.05, 0.1) is 18.0 Å². The summed E-state index contributed by atoms with van der Waals surface area (Å²) in [6, 6.07) is 10.9. The normalized spacial score (nSPS) is 25.3. The van der Waals surface area contributed by atoms with Crippen molar-refractivity contribution in [1.29, 1.82) is 5.26 Å². The first-order valence-corrected chi connectivity index (χ1v) is 13.3. The third-order valence-electron chi connectivity index (χ3n) is 8.25. The van der Waals surface area contributed by atoms with Gasteiger partial charge in [0.25, 0.3) is 11.8 Å². The molecule has 3 N–H and O–H groups in total. The third-order valence-corrected chi connectivity index (χ3v) is 8.25. The van der Waals surface area contributed by atoms with Gasteiger partial charge in [-0.25, -0.2) is 13.6 Å². The van der Waals surface area contributed by atoms with E-state index in [-0.39, 0.29) is 37.6 Å². The van der Waals surface area contributed by atoms with Crippen LogP contribution in [-0.4, -0.2) is 87.6 Å². The highest BCUT2D eigenvalue weighted by molar-refractivity contribution is 6.43. The Morgan fingerprint density at radius 2 is 1.92 bits per heavy atom. The number of hydrogen-bond donors (Lipinski definition) is 3. The van der Waals surface area contributed by atoms with Gasteiger partial charge in [-0.05, 0) is 57.6 Å². The average molecular weight is 544 g/mol. The van der Waals surface area contributed by atoms with Crippen LogP contribution in [0, 0.1) is 11.3 Å². The quantitative estimate of drug-likeness (QED) is 0.248. The summed E-state index contributed by atoms with van der Waals surface area (Å²) in [5.74, 6) is -4.29. The van der Waals surface area contributed by atoms with Gasteiger partial charge in [0.1, 0.15) is 18.2 Å². The standard InChI is InChI=1S/C27H35BF2N4O5/c1-25(2,33-13-12-27(29,30)17-33)15-20(16-31)23(35)34-21-8-10-26(34,11-9-21)18-39-24(36)32-22(28(37)38)14-19-6-4-3-5-7-19/h3-7,15,21-22,37-38H,8-14,17-18H2,1-2H3,(H,32,36). The van der Waals surface area contributed by atoms with Crippen LogP contribution < -0.4 is 5.32 Å². The van der Waals surface area contributed by atoms with Gasteiger partial charge in [-0.2, -0.15) is 5.26 Å². The molecule has 1 unspecified atom stereocenters. The van der Waals surface area contributed by atoms with Crippen molar-refractivity contribution in [3.8, 4) is 6.07 Å². The highest BCUT2D eigenvalue weighted by Gasteiger charge is 2.55. The van der Waals surface area contributed by atoms with Crippen molar-refractivity contribution in [2.45, 2.75) is 81.4 Å². The number of halogens is 2. The monoisotopic (exact) mass is 544 g/mol. The lowest BCUT2D eigenvalue weighted by atomic mass is 9.76. The number of fused-ring (bicyclic) bond motifs is 2. The molecule has 1 aromatic carbocycles. The van der Waals surface area contributed by atoms with Crippen LogP contribution in [0.15, 0.2) is 42.0 Å².